The van der Waals surface area contributed by atoms with Crippen molar-refractivity contribution in [2.24, 2.45) is 0 Å². The number of aliphatic hydroxyl groups is 5. The van der Waals surface area contributed by atoms with E-state index in [4.69, 9.17) is 10.2 Å². The van der Waals surface area contributed by atoms with E-state index in [0.717, 1.165) is 5.56 Å². The smallest absolute Gasteiger partial charge is 0.282 e. The minimum Gasteiger partial charge on any atom is -0.394 e. The van der Waals surface area contributed by atoms with Gasteiger partial charge in [-0.15, -0.1) is 0 Å². The van der Waals surface area contributed by atoms with Crippen molar-refractivity contribution in [2.75, 3.05) is 6.61 Å². The second-order valence-electron chi connectivity index (χ2n) is 4.81. The van der Waals surface area contributed by atoms with Gasteiger partial charge in [-0.3, -0.25) is 4.79 Å². The Kier molecular flexibility index (Phi) is 6.17. The molecule has 0 bridgehead atoms. The van der Waals surface area contributed by atoms with Gasteiger partial charge in [0.2, 0.25) is 9.84 Å². The summed E-state index contributed by atoms with van der Waals surface area (Å²) in [6.45, 7) is 0.771. The Morgan fingerprint density at radius 3 is 2.00 bits per heavy atom. The van der Waals surface area contributed by atoms with E-state index in [-0.39, 0.29) is 4.90 Å². The molecule has 0 saturated carbocycles. The van der Waals surface area contributed by atoms with Gasteiger partial charge in [0.15, 0.2) is 6.10 Å². The highest BCUT2D eigenvalue weighted by atomic mass is 32.2. The number of aryl methyl sites for hydroxylation is 1. The Bertz CT molecular complexity index is 609. The van der Waals surface area contributed by atoms with Gasteiger partial charge < -0.3 is 25.5 Å². The van der Waals surface area contributed by atoms with Crippen molar-refractivity contribution >= 4 is 15.0 Å². The molecule has 1 aromatic rings. The van der Waals surface area contributed by atoms with Crippen LogP contribution in [0.3, 0.4) is 0 Å². The lowest BCUT2D eigenvalue weighted by Crippen LogP contribution is -2.50. The van der Waals surface area contributed by atoms with Crippen molar-refractivity contribution in [1.29, 1.82) is 0 Å². The topological polar surface area (TPSA) is 152 Å². The van der Waals surface area contributed by atoms with Crippen molar-refractivity contribution in [1.82, 2.24) is 0 Å². The first-order chi connectivity index (χ1) is 10.1. The summed E-state index contributed by atoms with van der Waals surface area (Å²) < 4.78 is 24.1. The highest BCUT2D eigenvalue weighted by Crippen LogP contribution is 2.17. The van der Waals surface area contributed by atoms with Gasteiger partial charge in [-0.05, 0) is 19.1 Å². The first kappa shape index (κ1) is 18.7. The third kappa shape index (κ3) is 3.88. The molecule has 0 aliphatic rings. The quantitative estimate of drug-likeness (QED) is 0.390. The first-order valence-electron chi connectivity index (χ1n) is 6.31. The monoisotopic (exact) mass is 334 g/mol. The number of benzene rings is 1. The van der Waals surface area contributed by atoms with Crippen molar-refractivity contribution < 1.29 is 38.7 Å². The Morgan fingerprint density at radius 1 is 1.05 bits per heavy atom. The summed E-state index contributed by atoms with van der Waals surface area (Å²) in [6, 6.07) is 5.24. The average molecular weight is 334 g/mol. The molecule has 0 aromatic heterocycles. The molecule has 9 heteroatoms. The molecule has 1 aromatic carbocycles. The molecule has 0 amide bonds. The number of hydrogen-bond acceptors (Lipinski definition) is 8. The Hall–Kier alpha value is -1.36. The number of carbonyl (C=O) groups is 1. The van der Waals surface area contributed by atoms with Gasteiger partial charge in [0.1, 0.15) is 18.3 Å². The number of carbonyl (C=O) groups excluding carboxylic acids is 1. The number of hydrogen-bond donors (Lipinski definition) is 5. The summed E-state index contributed by atoms with van der Waals surface area (Å²) in [7, 11) is -4.57. The average Bonchev–Trinajstić information content (AvgIpc) is 2.51. The van der Waals surface area contributed by atoms with Crippen molar-refractivity contribution in [3.8, 4) is 0 Å². The van der Waals surface area contributed by atoms with Crippen molar-refractivity contribution in [3.05, 3.63) is 29.8 Å². The standard InChI is InChI=1S/C13H18O8S/c1-7-2-4-8(5-3-7)22(20,21)13(19)12(18)11(17)10(16)9(15)6-14/h2-5,9-12,14-18H,6H2,1H3/t9-,10-,11+,12-/m1/s1. The van der Waals surface area contributed by atoms with E-state index in [1.165, 1.54) is 24.3 Å². The molecule has 4 atom stereocenters. The SMILES string of the molecule is Cc1ccc(S(=O)(=O)C(=O)[C@H](O)[C@@H](O)[C@H](O)[C@H](O)CO)cc1. The summed E-state index contributed by atoms with van der Waals surface area (Å²) in [4.78, 5) is 11.5. The molecule has 0 saturated heterocycles. The molecular formula is C13H18O8S. The molecule has 8 nitrogen and oxygen atoms in total. The second-order valence-corrected chi connectivity index (χ2v) is 6.69. The number of aliphatic hydroxyl groups excluding tert-OH is 5. The molecule has 0 unspecified atom stereocenters. The van der Waals surface area contributed by atoms with E-state index in [1.54, 1.807) is 6.92 Å². The molecule has 22 heavy (non-hydrogen) atoms. The van der Waals surface area contributed by atoms with Crippen molar-refractivity contribution in [2.45, 2.75) is 36.2 Å². The third-order valence-electron chi connectivity index (χ3n) is 3.09. The molecule has 0 aliphatic heterocycles. The van der Waals surface area contributed by atoms with Crippen molar-refractivity contribution in [3.63, 3.8) is 0 Å². The summed E-state index contributed by atoms with van der Waals surface area (Å²) in [5.74, 6) is 0. The lowest BCUT2D eigenvalue weighted by molar-refractivity contribution is -0.140. The molecular weight excluding hydrogens is 316 g/mol. The zero-order valence-corrected chi connectivity index (χ0v) is 12.5. The van der Waals surface area contributed by atoms with Gasteiger partial charge in [-0.1, -0.05) is 17.7 Å². The molecule has 124 valence electrons. The lowest BCUT2D eigenvalue weighted by atomic mass is 10.0. The lowest BCUT2D eigenvalue weighted by Gasteiger charge is -2.24. The van der Waals surface area contributed by atoms with Gasteiger partial charge in [-0.2, -0.15) is 0 Å². The van der Waals surface area contributed by atoms with Crippen LogP contribution in [0, 0.1) is 6.92 Å². The highest BCUT2D eigenvalue weighted by molar-refractivity contribution is 8.06. The van der Waals surface area contributed by atoms with Gasteiger partial charge in [0.05, 0.1) is 11.5 Å². The zero-order valence-electron chi connectivity index (χ0n) is 11.7. The predicted octanol–water partition coefficient (Wildman–Crippen LogP) is -2.27. The molecule has 1 rings (SSSR count). The van der Waals surface area contributed by atoms with E-state index >= 15 is 0 Å². The summed E-state index contributed by atoms with van der Waals surface area (Å²) >= 11 is 0. The molecule has 0 fully saturated rings. The molecule has 5 N–H and O–H groups in total. The van der Waals surface area contributed by atoms with E-state index in [9.17, 15) is 28.5 Å². The minimum absolute atomic E-state index is 0.369. The van der Waals surface area contributed by atoms with E-state index in [0.29, 0.717) is 0 Å². The zero-order chi connectivity index (χ0) is 17.1. The van der Waals surface area contributed by atoms with E-state index in [2.05, 4.69) is 0 Å². The maximum atomic E-state index is 12.0. The van der Waals surface area contributed by atoms with E-state index < -0.39 is 46.0 Å². The number of rotatable bonds is 6. The summed E-state index contributed by atoms with van der Waals surface area (Å²) in [6.07, 6.45) is -8.66. The number of sulfone groups is 1. The van der Waals surface area contributed by atoms with Crippen LogP contribution in [0.1, 0.15) is 5.56 Å². The largest absolute Gasteiger partial charge is 0.394 e. The Labute approximate surface area is 127 Å². The van der Waals surface area contributed by atoms with Crippen LogP contribution >= 0.6 is 0 Å². The van der Waals surface area contributed by atoms with Gasteiger partial charge >= 0.3 is 0 Å². The maximum absolute atomic E-state index is 12.0. The van der Waals surface area contributed by atoms with Gasteiger partial charge in [0.25, 0.3) is 5.12 Å². The fourth-order valence-corrected chi connectivity index (χ4v) is 2.84. The minimum atomic E-state index is -4.57. The molecule has 0 radical (unpaired) electrons. The van der Waals surface area contributed by atoms with Crippen LogP contribution in [-0.2, 0) is 14.6 Å². The van der Waals surface area contributed by atoms with Gasteiger partial charge in [0, 0.05) is 0 Å². The normalized spacial score (nSPS) is 17.5. The van der Waals surface area contributed by atoms with E-state index in [1.807, 2.05) is 0 Å². The van der Waals surface area contributed by atoms with Crippen LogP contribution in [-0.4, -0.2) is 70.1 Å². The third-order valence-corrected chi connectivity index (χ3v) is 4.76. The maximum Gasteiger partial charge on any atom is 0.282 e. The van der Waals surface area contributed by atoms with Crippen LogP contribution in [0.2, 0.25) is 0 Å². The molecule has 0 aliphatic carbocycles. The Morgan fingerprint density at radius 2 is 1.55 bits per heavy atom. The summed E-state index contributed by atoms with van der Waals surface area (Å²) in [5.41, 5.74) is 0.758. The Balaban J connectivity index is 3.01. The predicted molar refractivity (Wildman–Crippen MR) is 74.5 cm³/mol. The summed E-state index contributed by atoms with van der Waals surface area (Å²) in [5, 5.41) is 44.7. The molecule has 0 heterocycles. The fourth-order valence-electron chi connectivity index (χ4n) is 1.65. The van der Waals surface area contributed by atoms with Crippen LogP contribution in [0.15, 0.2) is 29.2 Å². The van der Waals surface area contributed by atoms with Crippen LogP contribution in [0.4, 0.5) is 0 Å². The van der Waals surface area contributed by atoms with Crippen LogP contribution in [0.5, 0.6) is 0 Å². The second kappa shape index (κ2) is 7.27. The fraction of sp³-hybridized carbons (Fsp3) is 0.462. The van der Waals surface area contributed by atoms with Gasteiger partial charge in [-0.25, -0.2) is 8.42 Å². The molecule has 0 spiro atoms. The van der Waals surface area contributed by atoms with Crippen LogP contribution < -0.4 is 0 Å². The first-order valence-corrected chi connectivity index (χ1v) is 7.80. The highest BCUT2D eigenvalue weighted by Gasteiger charge is 2.40. The van der Waals surface area contributed by atoms with Crippen LogP contribution in [0.25, 0.3) is 0 Å².